The Kier molecular flexibility index (Phi) is 6.75. The summed E-state index contributed by atoms with van der Waals surface area (Å²) in [5, 5.41) is 6.94. The van der Waals surface area contributed by atoms with Gasteiger partial charge in [0.1, 0.15) is 0 Å². The van der Waals surface area contributed by atoms with Crippen LogP contribution in [-0.2, 0) is 4.79 Å². The van der Waals surface area contributed by atoms with E-state index >= 15 is 0 Å². The van der Waals surface area contributed by atoms with Crippen LogP contribution in [0.15, 0.2) is 6.20 Å². The number of rotatable bonds is 5. The van der Waals surface area contributed by atoms with Crippen molar-refractivity contribution >= 4 is 34.8 Å². The average Bonchev–Trinajstić information content (AvgIpc) is 2.96. The van der Waals surface area contributed by atoms with E-state index in [1.54, 1.807) is 11.3 Å². The van der Waals surface area contributed by atoms with Gasteiger partial charge in [-0.1, -0.05) is 13.8 Å². The van der Waals surface area contributed by atoms with E-state index in [0.717, 1.165) is 24.6 Å². The molecule has 1 fully saturated rings. The summed E-state index contributed by atoms with van der Waals surface area (Å²) in [4.78, 5) is 17.2. The Bertz CT molecular complexity index is 402. The van der Waals surface area contributed by atoms with Crippen molar-refractivity contribution in [2.75, 3.05) is 18.4 Å². The molecule has 19 heavy (non-hydrogen) atoms. The van der Waals surface area contributed by atoms with E-state index < -0.39 is 0 Å². The van der Waals surface area contributed by atoms with Crippen molar-refractivity contribution in [2.45, 2.75) is 39.0 Å². The molecule has 2 N–H and O–H groups in total. The lowest BCUT2D eigenvalue weighted by atomic mass is 10.0. The molecule has 0 saturated carbocycles. The van der Waals surface area contributed by atoms with Crippen molar-refractivity contribution < 1.29 is 4.79 Å². The number of thiazole rings is 1. The maximum Gasteiger partial charge on any atom is 0.226 e. The van der Waals surface area contributed by atoms with E-state index in [4.69, 9.17) is 0 Å². The molecule has 1 saturated heterocycles. The third-order valence-electron chi connectivity index (χ3n) is 3.28. The van der Waals surface area contributed by atoms with Crippen LogP contribution < -0.4 is 10.6 Å². The van der Waals surface area contributed by atoms with Gasteiger partial charge in [-0.2, -0.15) is 0 Å². The van der Waals surface area contributed by atoms with Crippen LogP contribution in [0.1, 0.15) is 43.9 Å². The highest BCUT2D eigenvalue weighted by Crippen LogP contribution is 2.25. The molecular weight excluding hydrogens is 282 g/mol. The fraction of sp³-hybridized carbons (Fsp3) is 0.692. The molecule has 0 radical (unpaired) electrons. The minimum atomic E-state index is 0. The van der Waals surface area contributed by atoms with Crippen LogP contribution in [0.25, 0.3) is 0 Å². The van der Waals surface area contributed by atoms with Crippen molar-refractivity contribution in [3.8, 4) is 0 Å². The number of hydrogen-bond acceptors (Lipinski definition) is 4. The lowest BCUT2D eigenvalue weighted by Crippen LogP contribution is -2.14. The molecule has 1 aliphatic heterocycles. The number of carbonyl (C=O) groups excluding carboxylic acids is 1. The Morgan fingerprint density at radius 1 is 1.63 bits per heavy atom. The molecule has 0 spiro atoms. The molecule has 108 valence electrons. The molecule has 0 aromatic carbocycles. The lowest BCUT2D eigenvalue weighted by molar-refractivity contribution is -0.116. The van der Waals surface area contributed by atoms with Crippen molar-refractivity contribution in [2.24, 2.45) is 5.92 Å². The van der Waals surface area contributed by atoms with E-state index in [9.17, 15) is 4.79 Å². The number of nitrogens with zero attached hydrogens (tertiary/aromatic N) is 1. The molecule has 1 amide bonds. The predicted molar refractivity (Wildman–Crippen MR) is 82.3 cm³/mol. The van der Waals surface area contributed by atoms with Crippen molar-refractivity contribution in [1.29, 1.82) is 0 Å². The van der Waals surface area contributed by atoms with Crippen LogP contribution in [0.5, 0.6) is 0 Å². The quantitative estimate of drug-likeness (QED) is 0.879. The van der Waals surface area contributed by atoms with Crippen LogP contribution >= 0.6 is 23.7 Å². The second kappa shape index (κ2) is 7.82. The van der Waals surface area contributed by atoms with Gasteiger partial charge < -0.3 is 10.6 Å². The maximum atomic E-state index is 11.8. The second-order valence-electron chi connectivity index (χ2n) is 5.17. The van der Waals surface area contributed by atoms with E-state index in [-0.39, 0.29) is 18.3 Å². The molecule has 2 rings (SSSR count). The molecule has 0 bridgehead atoms. The molecule has 1 aliphatic rings. The lowest BCUT2D eigenvalue weighted by Gasteiger charge is -2.07. The van der Waals surface area contributed by atoms with E-state index in [0.29, 0.717) is 18.3 Å². The number of carbonyl (C=O) groups is 1. The molecule has 1 atom stereocenters. The Morgan fingerprint density at radius 3 is 3.00 bits per heavy atom. The summed E-state index contributed by atoms with van der Waals surface area (Å²) in [7, 11) is 0. The highest BCUT2D eigenvalue weighted by molar-refractivity contribution is 7.15. The number of hydrogen-bond donors (Lipinski definition) is 2. The predicted octanol–water partition coefficient (Wildman–Crippen LogP) is 3.02. The smallest absolute Gasteiger partial charge is 0.226 e. The maximum absolute atomic E-state index is 11.8. The van der Waals surface area contributed by atoms with Crippen molar-refractivity contribution in [3.05, 3.63) is 11.1 Å². The van der Waals surface area contributed by atoms with Crippen molar-refractivity contribution in [3.63, 3.8) is 0 Å². The Labute approximate surface area is 124 Å². The van der Waals surface area contributed by atoms with E-state index in [1.807, 2.05) is 6.20 Å². The average molecular weight is 304 g/mol. The highest BCUT2D eigenvalue weighted by atomic mass is 35.5. The fourth-order valence-electron chi connectivity index (χ4n) is 2.09. The van der Waals surface area contributed by atoms with Gasteiger partial charge in [0.2, 0.25) is 5.91 Å². The first-order valence-corrected chi connectivity index (χ1v) is 7.43. The fourth-order valence-corrected chi connectivity index (χ4v) is 2.92. The van der Waals surface area contributed by atoms with Gasteiger partial charge in [0.05, 0.1) is 0 Å². The minimum absolute atomic E-state index is 0. The summed E-state index contributed by atoms with van der Waals surface area (Å²) in [6.07, 6.45) is 4.62. The standard InChI is InChI=1S/C13H21N3OS.ClH/c1-9(2)11-8-15-13(18-11)16-12(17)4-3-10-5-6-14-7-10;/h8-10,14H,3-7H2,1-2H3,(H,15,16,17);1H. The van der Waals surface area contributed by atoms with E-state index in [1.165, 1.54) is 11.3 Å². The van der Waals surface area contributed by atoms with Gasteiger partial charge >= 0.3 is 0 Å². The van der Waals surface area contributed by atoms with Crippen LogP contribution in [0, 0.1) is 5.92 Å². The topological polar surface area (TPSA) is 54.0 Å². The molecule has 1 aromatic rings. The zero-order chi connectivity index (χ0) is 13.0. The Morgan fingerprint density at radius 2 is 2.42 bits per heavy atom. The summed E-state index contributed by atoms with van der Waals surface area (Å²) < 4.78 is 0. The summed E-state index contributed by atoms with van der Waals surface area (Å²) in [6.45, 7) is 6.41. The van der Waals surface area contributed by atoms with Crippen molar-refractivity contribution in [1.82, 2.24) is 10.3 Å². The van der Waals surface area contributed by atoms with Gasteiger partial charge in [-0.3, -0.25) is 4.79 Å². The van der Waals surface area contributed by atoms with Crippen LogP contribution in [-0.4, -0.2) is 24.0 Å². The molecule has 6 heteroatoms. The monoisotopic (exact) mass is 303 g/mol. The van der Waals surface area contributed by atoms with Crippen LogP contribution in [0.4, 0.5) is 5.13 Å². The third-order valence-corrected chi connectivity index (χ3v) is 4.49. The largest absolute Gasteiger partial charge is 0.316 e. The summed E-state index contributed by atoms with van der Waals surface area (Å²) >= 11 is 1.57. The zero-order valence-electron chi connectivity index (χ0n) is 11.4. The summed E-state index contributed by atoms with van der Waals surface area (Å²) in [6, 6.07) is 0. The van der Waals surface area contributed by atoms with Gasteiger partial charge in [-0.25, -0.2) is 4.98 Å². The Balaban J connectivity index is 0.00000180. The third kappa shape index (κ3) is 5.09. The van der Waals surface area contributed by atoms with Gasteiger partial charge in [0.15, 0.2) is 5.13 Å². The van der Waals surface area contributed by atoms with E-state index in [2.05, 4.69) is 29.5 Å². The number of aromatic nitrogens is 1. The minimum Gasteiger partial charge on any atom is -0.316 e. The van der Waals surface area contributed by atoms with Gasteiger partial charge in [0.25, 0.3) is 0 Å². The van der Waals surface area contributed by atoms with Gasteiger partial charge in [-0.05, 0) is 37.8 Å². The summed E-state index contributed by atoms with van der Waals surface area (Å²) in [5.41, 5.74) is 0. The first kappa shape index (κ1) is 16.4. The second-order valence-corrected chi connectivity index (χ2v) is 6.23. The normalized spacial score (nSPS) is 18.4. The number of halogens is 1. The molecule has 1 unspecified atom stereocenters. The first-order valence-electron chi connectivity index (χ1n) is 6.61. The molecule has 0 aliphatic carbocycles. The number of anilines is 1. The molecule has 2 heterocycles. The first-order chi connectivity index (χ1) is 8.65. The Hall–Kier alpha value is -0.650. The molecular formula is C13H22ClN3OS. The summed E-state index contributed by atoms with van der Waals surface area (Å²) in [5.74, 6) is 1.22. The van der Waals surface area contributed by atoms with Gasteiger partial charge in [0, 0.05) is 17.5 Å². The van der Waals surface area contributed by atoms with Crippen LogP contribution in [0.3, 0.4) is 0 Å². The van der Waals surface area contributed by atoms with Crippen LogP contribution in [0.2, 0.25) is 0 Å². The highest BCUT2D eigenvalue weighted by Gasteiger charge is 2.16. The SMILES string of the molecule is CC(C)c1cnc(NC(=O)CCC2CCNC2)s1.Cl. The number of amides is 1. The van der Waals surface area contributed by atoms with Gasteiger partial charge in [-0.15, -0.1) is 23.7 Å². The molecule has 4 nitrogen and oxygen atoms in total. The number of nitrogens with one attached hydrogen (secondary N) is 2. The zero-order valence-corrected chi connectivity index (χ0v) is 13.1. The molecule has 1 aromatic heterocycles.